The Balaban J connectivity index is 2.03. The van der Waals surface area contributed by atoms with E-state index in [4.69, 9.17) is 11.6 Å². The summed E-state index contributed by atoms with van der Waals surface area (Å²) < 4.78 is 0. The molecule has 106 valence electrons. The van der Waals surface area contributed by atoms with Crippen molar-refractivity contribution in [1.82, 2.24) is 0 Å². The molecule has 0 heterocycles. The summed E-state index contributed by atoms with van der Waals surface area (Å²) in [6, 6.07) is 12.8. The molecule has 2 aromatic rings. The molecule has 0 aliphatic carbocycles. The van der Waals surface area contributed by atoms with Crippen LogP contribution in [0.2, 0.25) is 5.02 Å². The van der Waals surface area contributed by atoms with Crippen molar-refractivity contribution in [1.29, 1.82) is 0 Å². The second-order valence-corrected chi connectivity index (χ2v) is 4.62. The number of rotatable bonds is 4. The molecule has 0 saturated carbocycles. The number of halogens is 1. The summed E-state index contributed by atoms with van der Waals surface area (Å²) in [6.45, 7) is 0. The SMILES string of the molecule is O=C(/C=C/c1ccc(Cl)cc1)Nc1cccc([N+](=O)[O-])c1. The number of carbonyl (C=O) groups is 1. The lowest BCUT2D eigenvalue weighted by atomic mass is 10.2. The topological polar surface area (TPSA) is 72.2 Å². The summed E-state index contributed by atoms with van der Waals surface area (Å²) in [4.78, 5) is 21.9. The van der Waals surface area contributed by atoms with Gasteiger partial charge in [0.05, 0.1) is 4.92 Å². The Bertz CT molecular complexity index is 696. The molecule has 0 aromatic heterocycles. The molecule has 2 rings (SSSR count). The summed E-state index contributed by atoms with van der Waals surface area (Å²) in [5, 5.41) is 13.8. The number of nitrogens with one attached hydrogen (secondary N) is 1. The molecule has 0 aliphatic rings. The lowest BCUT2D eigenvalue weighted by Crippen LogP contribution is -2.07. The highest BCUT2D eigenvalue weighted by Crippen LogP contribution is 2.17. The van der Waals surface area contributed by atoms with Crippen LogP contribution in [0.4, 0.5) is 11.4 Å². The van der Waals surface area contributed by atoms with Gasteiger partial charge >= 0.3 is 0 Å². The van der Waals surface area contributed by atoms with Gasteiger partial charge in [0.1, 0.15) is 0 Å². The lowest BCUT2D eigenvalue weighted by molar-refractivity contribution is -0.384. The maximum Gasteiger partial charge on any atom is 0.271 e. The quantitative estimate of drug-likeness (QED) is 0.529. The summed E-state index contributed by atoms with van der Waals surface area (Å²) in [6.07, 6.45) is 2.98. The highest BCUT2D eigenvalue weighted by atomic mass is 35.5. The first-order valence-corrected chi connectivity index (χ1v) is 6.41. The van der Waals surface area contributed by atoms with Gasteiger partial charge in [-0.05, 0) is 29.8 Å². The Kier molecular flexibility index (Phi) is 4.68. The summed E-state index contributed by atoms with van der Waals surface area (Å²) in [5.41, 5.74) is 1.12. The minimum Gasteiger partial charge on any atom is -0.322 e. The third-order valence-corrected chi connectivity index (χ3v) is 2.87. The van der Waals surface area contributed by atoms with Gasteiger partial charge in [-0.3, -0.25) is 14.9 Å². The number of benzene rings is 2. The van der Waals surface area contributed by atoms with Crippen molar-refractivity contribution in [2.24, 2.45) is 0 Å². The van der Waals surface area contributed by atoms with Crippen molar-refractivity contribution in [3.05, 3.63) is 75.3 Å². The normalized spacial score (nSPS) is 10.5. The Morgan fingerprint density at radius 3 is 2.57 bits per heavy atom. The van der Waals surface area contributed by atoms with Gasteiger partial charge in [0.15, 0.2) is 0 Å². The predicted molar refractivity (Wildman–Crippen MR) is 82.2 cm³/mol. The third kappa shape index (κ3) is 4.43. The highest BCUT2D eigenvalue weighted by molar-refractivity contribution is 6.30. The van der Waals surface area contributed by atoms with Crippen molar-refractivity contribution in [3.8, 4) is 0 Å². The zero-order valence-corrected chi connectivity index (χ0v) is 11.6. The summed E-state index contributed by atoms with van der Waals surface area (Å²) in [7, 11) is 0. The van der Waals surface area contributed by atoms with E-state index in [1.807, 2.05) is 0 Å². The van der Waals surface area contributed by atoms with Crippen LogP contribution >= 0.6 is 11.6 Å². The van der Waals surface area contributed by atoms with Crippen LogP contribution in [0.1, 0.15) is 5.56 Å². The number of hydrogen-bond acceptors (Lipinski definition) is 3. The van der Waals surface area contributed by atoms with E-state index in [-0.39, 0.29) is 11.6 Å². The first-order chi connectivity index (χ1) is 10.0. The van der Waals surface area contributed by atoms with Gasteiger partial charge in [-0.1, -0.05) is 29.8 Å². The van der Waals surface area contributed by atoms with E-state index in [1.165, 1.54) is 24.3 Å². The maximum atomic E-state index is 11.7. The van der Waals surface area contributed by atoms with E-state index in [2.05, 4.69) is 5.32 Å². The molecule has 0 fully saturated rings. The fraction of sp³-hybridized carbons (Fsp3) is 0. The second kappa shape index (κ2) is 6.67. The number of nitro groups is 1. The Morgan fingerprint density at radius 1 is 1.19 bits per heavy atom. The zero-order valence-electron chi connectivity index (χ0n) is 10.8. The summed E-state index contributed by atoms with van der Waals surface area (Å²) >= 11 is 5.76. The van der Waals surface area contributed by atoms with E-state index in [1.54, 1.807) is 36.4 Å². The number of anilines is 1. The number of non-ortho nitro benzene ring substituents is 1. The van der Waals surface area contributed by atoms with Gasteiger partial charge < -0.3 is 5.32 Å². The Labute approximate surface area is 126 Å². The van der Waals surface area contributed by atoms with Gasteiger partial charge in [-0.2, -0.15) is 0 Å². The Morgan fingerprint density at radius 2 is 1.90 bits per heavy atom. The zero-order chi connectivity index (χ0) is 15.2. The molecular weight excluding hydrogens is 292 g/mol. The van der Waals surface area contributed by atoms with Crippen molar-refractivity contribution in [2.75, 3.05) is 5.32 Å². The van der Waals surface area contributed by atoms with Crippen molar-refractivity contribution in [3.63, 3.8) is 0 Å². The van der Waals surface area contributed by atoms with Crippen molar-refractivity contribution >= 4 is 35.0 Å². The van der Waals surface area contributed by atoms with Gasteiger partial charge in [-0.15, -0.1) is 0 Å². The van der Waals surface area contributed by atoms with Crippen LogP contribution in [-0.2, 0) is 4.79 Å². The molecule has 2 aromatic carbocycles. The number of nitro benzene ring substituents is 1. The highest BCUT2D eigenvalue weighted by Gasteiger charge is 2.06. The molecule has 5 nitrogen and oxygen atoms in total. The molecule has 21 heavy (non-hydrogen) atoms. The standard InChI is InChI=1S/C15H11ClN2O3/c16-12-7-4-11(5-8-12)6-9-15(19)17-13-2-1-3-14(10-13)18(20)21/h1-10H,(H,17,19)/b9-6+. The van der Waals surface area contributed by atoms with Crippen LogP contribution in [0.5, 0.6) is 0 Å². The average molecular weight is 303 g/mol. The largest absolute Gasteiger partial charge is 0.322 e. The number of nitrogens with zero attached hydrogens (tertiary/aromatic N) is 1. The smallest absolute Gasteiger partial charge is 0.271 e. The lowest BCUT2D eigenvalue weighted by Gasteiger charge is -2.01. The van der Waals surface area contributed by atoms with Crippen LogP contribution in [0.25, 0.3) is 6.08 Å². The molecule has 6 heteroatoms. The molecule has 0 unspecified atom stereocenters. The molecule has 1 N–H and O–H groups in total. The second-order valence-electron chi connectivity index (χ2n) is 4.18. The minimum atomic E-state index is -0.515. The van der Waals surface area contributed by atoms with E-state index < -0.39 is 4.92 Å². The third-order valence-electron chi connectivity index (χ3n) is 2.62. The number of amides is 1. The fourth-order valence-electron chi connectivity index (χ4n) is 1.63. The van der Waals surface area contributed by atoms with Crippen LogP contribution < -0.4 is 5.32 Å². The molecule has 0 bridgehead atoms. The van der Waals surface area contributed by atoms with E-state index in [0.29, 0.717) is 10.7 Å². The van der Waals surface area contributed by atoms with Crippen LogP contribution in [0.3, 0.4) is 0 Å². The van der Waals surface area contributed by atoms with Gasteiger partial charge in [0.25, 0.3) is 5.69 Å². The predicted octanol–water partition coefficient (Wildman–Crippen LogP) is 3.90. The van der Waals surface area contributed by atoms with Crippen molar-refractivity contribution < 1.29 is 9.72 Å². The van der Waals surface area contributed by atoms with Gasteiger partial charge in [0.2, 0.25) is 5.91 Å². The fourth-order valence-corrected chi connectivity index (χ4v) is 1.75. The molecule has 0 spiro atoms. The number of carbonyl (C=O) groups excluding carboxylic acids is 1. The first-order valence-electron chi connectivity index (χ1n) is 6.04. The van der Waals surface area contributed by atoms with Gasteiger partial charge in [0, 0.05) is 28.9 Å². The number of hydrogen-bond donors (Lipinski definition) is 1. The minimum absolute atomic E-state index is 0.0746. The monoisotopic (exact) mass is 302 g/mol. The molecule has 0 radical (unpaired) electrons. The van der Waals surface area contributed by atoms with E-state index in [0.717, 1.165) is 5.56 Å². The molecule has 0 atom stereocenters. The molecule has 0 saturated heterocycles. The van der Waals surface area contributed by atoms with E-state index in [9.17, 15) is 14.9 Å². The maximum absolute atomic E-state index is 11.7. The van der Waals surface area contributed by atoms with E-state index >= 15 is 0 Å². The van der Waals surface area contributed by atoms with Crippen LogP contribution in [0, 0.1) is 10.1 Å². The first kappa shape index (κ1) is 14.7. The van der Waals surface area contributed by atoms with Gasteiger partial charge in [-0.25, -0.2) is 0 Å². The molecule has 1 amide bonds. The van der Waals surface area contributed by atoms with Crippen LogP contribution in [0.15, 0.2) is 54.6 Å². The van der Waals surface area contributed by atoms with Crippen molar-refractivity contribution in [2.45, 2.75) is 0 Å². The Hall–Kier alpha value is -2.66. The molecule has 0 aliphatic heterocycles. The van der Waals surface area contributed by atoms with Crippen LogP contribution in [-0.4, -0.2) is 10.8 Å². The average Bonchev–Trinajstić information content (AvgIpc) is 2.47. The molecular formula is C15H11ClN2O3. The summed E-state index contributed by atoms with van der Waals surface area (Å²) in [5.74, 6) is -0.370.